The summed E-state index contributed by atoms with van der Waals surface area (Å²) in [6, 6.07) is 7.75. The van der Waals surface area contributed by atoms with Gasteiger partial charge >= 0.3 is 5.69 Å². The average Bonchev–Trinajstić information content (AvgIpc) is 2.68. The fourth-order valence-corrected chi connectivity index (χ4v) is 1.64. The Morgan fingerprint density at radius 3 is 2.82 bits per heavy atom. The Labute approximate surface area is 99.6 Å². The van der Waals surface area contributed by atoms with Gasteiger partial charge < -0.3 is 10.3 Å². The van der Waals surface area contributed by atoms with Crippen molar-refractivity contribution in [2.45, 2.75) is 0 Å². The molecule has 0 fully saturated rings. The quantitative estimate of drug-likeness (QED) is 0.858. The highest BCUT2D eigenvalue weighted by molar-refractivity contribution is 5.53. The zero-order valence-electron chi connectivity index (χ0n) is 9.71. The third-order valence-electron chi connectivity index (χ3n) is 2.54. The van der Waals surface area contributed by atoms with Crippen molar-refractivity contribution in [2.75, 3.05) is 6.54 Å². The van der Waals surface area contributed by atoms with Crippen molar-refractivity contribution in [1.29, 1.82) is 0 Å². The predicted molar refractivity (Wildman–Crippen MR) is 69.1 cm³/mol. The molecule has 0 saturated heterocycles. The SMILES string of the molecule is Cn1ccn(-c2cccc(/C=C/CN)c2)c1=O. The Balaban J connectivity index is 2.43. The number of imidazole rings is 1. The van der Waals surface area contributed by atoms with Gasteiger partial charge in [0.15, 0.2) is 0 Å². The van der Waals surface area contributed by atoms with E-state index < -0.39 is 0 Å². The Morgan fingerprint density at radius 1 is 1.35 bits per heavy atom. The van der Waals surface area contributed by atoms with E-state index in [1.54, 1.807) is 28.6 Å². The second kappa shape index (κ2) is 4.84. The van der Waals surface area contributed by atoms with Gasteiger partial charge in [0.05, 0.1) is 5.69 Å². The predicted octanol–water partition coefficient (Wildman–Crippen LogP) is 1.15. The van der Waals surface area contributed by atoms with Gasteiger partial charge in [-0.05, 0) is 17.7 Å². The fourth-order valence-electron chi connectivity index (χ4n) is 1.64. The number of aromatic nitrogens is 2. The first-order chi connectivity index (χ1) is 8.22. The van der Waals surface area contributed by atoms with E-state index in [0.717, 1.165) is 11.3 Å². The van der Waals surface area contributed by atoms with E-state index in [9.17, 15) is 4.79 Å². The third-order valence-corrected chi connectivity index (χ3v) is 2.54. The van der Waals surface area contributed by atoms with E-state index in [-0.39, 0.29) is 5.69 Å². The molecule has 0 saturated carbocycles. The lowest BCUT2D eigenvalue weighted by Crippen LogP contribution is -2.20. The van der Waals surface area contributed by atoms with Gasteiger partial charge in [-0.25, -0.2) is 4.79 Å². The van der Waals surface area contributed by atoms with Crippen LogP contribution in [0.5, 0.6) is 0 Å². The van der Waals surface area contributed by atoms with E-state index in [2.05, 4.69) is 0 Å². The van der Waals surface area contributed by atoms with Gasteiger partial charge in [0.2, 0.25) is 0 Å². The molecule has 1 heterocycles. The van der Waals surface area contributed by atoms with Crippen molar-refractivity contribution in [3.05, 3.63) is 58.8 Å². The van der Waals surface area contributed by atoms with E-state index >= 15 is 0 Å². The summed E-state index contributed by atoms with van der Waals surface area (Å²) in [5, 5.41) is 0. The van der Waals surface area contributed by atoms with Crippen molar-refractivity contribution < 1.29 is 0 Å². The largest absolute Gasteiger partial charge is 0.332 e. The molecule has 0 aliphatic rings. The maximum absolute atomic E-state index is 11.8. The van der Waals surface area contributed by atoms with Gasteiger partial charge in [-0.3, -0.25) is 4.57 Å². The summed E-state index contributed by atoms with van der Waals surface area (Å²) < 4.78 is 3.15. The summed E-state index contributed by atoms with van der Waals surface area (Å²) >= 11 is 0. The van der Waals surface area contributed by atoms with Crippen LogP contribution in [-0.2, 0) is 7.05 Å². The van der Waals surface area contributed by atoms with E-state index in [0.29, 0.717) is 6.54 Å². The molecule has 0 aliphatic carbocycles. The van der Waals surface area contributed by atoms with Crippen molar-refractivity contribution in [2.24, 2.45) is 12.8 Å². The van der Waals surface area contributed by atoms with E-state index in [4.69, 9.17) is 5.73 Å². The minimum atomic E-state index is -0.0510. The average molecular weight is 229 g/mol. The second-order valence-electron chi connectivity index (χ2n) is 3.79. The Bertz CT molecular complexity index is 593. The van der Waals surface area contributed by atoms with Gasteiger partial charge in [-0.1, -0.05) is 24.3 Å². The number of nitrogens with zero attached hydrogens (tertiary/aromatic N) is 2. The van der Waals surface area contributed by atoms with Crippen LogP contribution in [0.2, 0.25) is 0 Å². The van der Waals surface area contributed by atoms with Crippen LogP contribution < -0.4 is 11.4 Å². The molecule has 0 aliphatic heterocycles. The number of rotatable bonds is 3. The van der Waals surface area contributed by atoms with Gasteiger partial charge in [0.1, 0.15) is 0 Å². The summed E-state index contributed by atoms with van der Waals surface area (Å²) in [4.78, 5) is 11.8. The zero-order valence-corrected chi connectivity index (χ0v) is 9.71. The molecule has 88 valence electrons. The van der Waals surface area contributed by atoms with Crippen molar-refractivity contribution in [3.8, 4) is 5.69 Å². The van der Waals surface area contributed by atoms with E-state index in [1.165, 1.54) is 0 Å². The molecule has 1 aromatic heterocycles. The van der Waals surface area contributed by atoms with E-state index in [1.807, 2.05) is 36.4 Å². The number of hydrogen-bond acceptors (Lipinski definition) is 2. The first-order valence-corrected chi connectivity index (χ1v) is 5.43. The molecule has 1 aromatic carbocycles. The minimum Gasteiger partial charge on any atom is -0.327 e. The molecule has 2 rings (SSSR count). The molecule has 0 bridgehead atoms. The topological polar surface area (TPSA) is 52.9 Å². The molecule has 17 heavy (non-hydrogen) atoms. The lowest BCUT2D eigenvalue weighted by atomic mass is 10.2. The number of benzene rings is 1. The molecule has 4 heteroatoms. The Kier molecular flexibility index (Phi) is 3.25. The monoisotopic (exact) mass is 229 g/mol. The third kappa shape index (κ3) is 2.37. The number of aryl methyl sites for hydroxylation is 1. The van der Waals surface area contributed by atoms with Crippen LogP contribution in [0.3, 0.4) is 0 Å². The van der Waals surface area contributed by atoms with Crippen LogP contribution in [0.4, 0.5) is 0 Å². The molecular formula is C13H15N3O. The van der Waals surface area contributed by atoms with Crippen molar-refractivity contribution >= 4 is 6.08 Å². The minimum absolute atomic E-state index is 0.0510. The molecule has 0 radical (unpaired) electrons. The molecule has 2 aromatic rings. The zero-order chi connectivity index (χ0) is 12.3. The Hall–Kier alpha value is -2.07. The highest BCUT2D eigenvalue weighted by Crippen LogP contribution is 2.10. The molecule has 2 N–H and O–H groups in total. The second-order valence-corrected chi connectivity index (χ2v) is 3.79. The first kappa shape index (κ1) is 11.4. The maximum atomic E-state index is 11.8. The number of hydrogen-bond donors (Lipinski definition) is 1. The highest BCUT2D eigenvalue weighted by Gasteiger charge is 2.02. The van der Waals surface area contributed by atoms with Gasteiger partial charge in [-0.2, -0.15) is 0 Å². The molecule has 4 nitrogen and oxygen atoms in total. The first-order valence-electron chi connectivity index (χ1n) is 5.43. The lowest BCUT2D eigenvalue weighted by molar-refractivity contribution is 0.824. The van der Waals surface area contributed by atoms with Crippen LogP contribution in [0.25, 0.3) is 11.8 Å². The molecule has 0 unspecified atom stereocenters. The summed E-state index contributed by atoms with van der Waals surface area (Å²) in [5.74, 6) is 0. The van der Waals surface area contributed by atoms with Gasteiger partial charge in [0.25, 0.3) is 0 Å². The molecule has 0 atom stereocenters. The smallest absolute Gasteiger partial charge is 0.327 e. The number of nitrogens with two attached hydrogens (primary N) is 1. The van der Waals surface area contributed by atoms with Crippen LogP contribution >= 0.6 is 0 Å². The summed E-state index contributed by atoms with van der Waals surface area (Å²) in [6.45, 7) is 0.509. The van der Waals surface area contributed by atoms with Crippen LogP contribution in [0, 0.1) is 0 Å². The van der Waals surface area contributed by atoms with Gasteiger partial charge in [0, 0.05) is 26.0 Å². The standard InChI is InChI=1S/C13H15N3O/c1-15-8-9-16(13(15)17)12-6-2-4-11(10-12)5-3-7-14/h2-6,8-10H,7,14H2,1H3/b5-3+. The van der Waals surface area contributed by atoms with Crippen LogP contribution in [-0.4, -0.2) is 15.7 Å². The molecule has 0 spiro atoms. The summed E-state index contributed by atoms with van der Waals surface area (Å²) in [7, 11) is 1.73. The van der Waals surface area contributed by atoms with Crippen LogP contribution in [0.15, 0.2) is 47.5 Å². The van der Waals surface area contributed by atoms with Crippen molar-refractivity contribution in [3.63, 3.8) is 0 Å². The lowest BCUT2D eigenvalue weighted by Gasteiger charge is -2.02. The van der Waals surface area contributed by atoms with Gasteiger partial charge in [-0.15, -0.1) is 0 Å². The molecule has 0 amide bonds. The van der Waals surface area contributed by atoms with Crippen LogP contribution in [0.1, 0.15) is 5.56 Å². The normalized spacial score (nSPS) is 11.2. The molecular weight excluding hydrogens is 214 g/mol. The fraction of sp³-hybridized carbons (Fsp3) is 0.154. The van der Waals surface area contributed by atoms with Crippen molar-refractivity contribution in [1.82, 2.24) is 9.13 Å². The Morgan fingerprint density at radius 2 is 2.18 bits per heavy atom. The summed E-state index contributed by atoms with van der Waals surface area (Å²) in [5.41, 5.74) is 7.24. The maximum Gasteiger partial charge on any atom is 0.332 e. The highest BCUT2D eigenvalue weighted by atomic mass is 16.1. The summed E-state index contributed by atoms with van der Waals surface area (Å²) in [6.07, 6.45) is 7.32.